The lowest BCUT2D eigenvalue weighted by Gasteiger charge is -1.90. The van der Waals surface area contributed by atoms with Crippen molar-refractivity contribution in [1.29, 1.82) is 0 Å². The first-order valence-corrected chi connectivity index (χ1v) is 3.39. The molecule has 60 valence electrons. The quantitative estimate of drug-likeness (QED) is 0.610. The Balaban J connectivity index is 0.000000292. The molecule has 1 N–H and O–H groups in total. The second-order valence-corrected chi connectivity index (χ2v) is 2.26. The van der Waals surface area contributed by atoms with Gasteiger partial charge in [-0.15, -0.1) is 0 Å². The first-order chi connectivity index (χ1) is 5.22. The van der Waals surface area contributed by atoms with Gasteiger partial charge in [0, 0.05) is 5.02 Å². The summed E-state index contributed by atoms with van der Waals surface area (Å²) in [5.74, 6) is 0. The average Bonchev–Trinajstić information content (AvgIpc) is 1.97. The fourth-order valence-corrected chi connectivity index (χ4v) is 0.687. The van der Waals surface area contributed by atoms with E-state index in [0.717, 1.165) is 10.6 Å². The predicted octanol–water partition coefficient (Wildman–Crippen LogP) is 2.35. The zero-order valence-corrected chi connectivity index (χ0v) is 6.88. The smallest absolute Gasteiger partial charge is 0.290 e. The lowest BCUT2D eigenvalue weighted by atomic mass is 10.2. The second-order valence-electron chi connectivity index (χ2n) is 1.85. The van der Waals surface area contributed by atoms with Crippen molar-refractivity contribution in [1.82, 2.24) is 0 Å². The normalized spacial score (nSPS) is 7.82. The molecule has 0 heterocycles. The Labute approximate surface area is 70.4 Å². The van der Waals surface area contributed by atoms with E-state index in [-0.39, 0.29) is 6.47 Å². The van der Waals surface area contributed by atoms with Gasteiger partial charge >= 0.3 is 0 Å². The van der Waals surface area contributed by atoms with Crippen LogP contribution in [0.3, 0.4) is 0 Å². The number of hydrogen-bond donors (Lipinski definition) is 1. The molecule has 1 rings (SSSR count). The number of hydrogen-bond acceptors (Lipinski definition) is 1. The van der Waals surface area contributed by atoms with E-state index in [1.54, 1.807) is 0 Å². The van der Waals surface area contributed by atoms with Crippen LogP contribution < -0.4 is 0 Å². The van der Waals surface area contributed by atoms with Gasteiger partial charge in [-0.1, -0.05) is 29.8 Å². The minimum atomic E-state index is -0.250. The first-order valence-electron chi connectivity index (χ1n) is 3.01. The summed E-state index contributed by atoms with van der Waals surface area (Å²) in [4.78, 5) is 8.36. The Morgan fingerprint density at radius 3 is 2.18 bits per heavy atom. The van der Waals surface area contributed by atoms with E-state index in [2.05, 4.69) is 0 Å². The van der Waals surface area contributed by atoms with E-state index in [0.29, 0.717) is 0 Å². The van der Waals surface area contributed by atoms with E-state index < -0.39 is 0 Å². The van der Waals surface area contributed by atoms with Crippen LogP contribution in [0, 0.1) is 6.92 Å². The van der Waals surface area contributed by atoms with Crippen LogP contribution in [0.4, 0.5) is 0 Å². The molecule has 0 aromatic heterocycles. The summed E-state index contributed by atoms with van der Waals surface area (Å²) >= 11 is 5.71. The molecule has 11 heavy (non-hydrogen) atoms. The van der Waals surface area contributed by atoms with E-state index in [1.807, 2.05) is 31.2 Å². The average molecular weight is 173 g/mol. The van der Waals surface area contributed by atoms with E-state index in [4.69, 9.17) is 21.5 Å². The highest BCUT2D eigenvalue weighted by atomic mass is 35.5. The highest BCUT2D eigenvalue weighted by Crippen LogP contribution is 2.11. The third kappa shape index (κ3) is 4.39. The molecular formula is C8H9ClO2. The van der Waals surface area contributed by atoms with Gasteiger partial charge in [-0.3, -0.25) is 4.79 Å². The van der Waals surface area contributed by atoms with E-state index in [1.165, 1.54) is 0 Å². The van der Waals surface area contributed by atoms with Crippen molar-refractivity contribution in [2.24, 2.45) is 0 Å². The van der Waals surface area contributed by atoms with Crippen LogP contribution >= 0.6 is 11.6 Å². The van der Waals surface area contributed by atoms with Gasteiger partial charge in [0.1, 0.15) is 0 Å². The summed E-state index contributed by atoms with van der Waals surface area (Å²) in [5, 5.41) is 7.73. The fraction of sp³-hybridized carbons (Fsp3) is 0.125. The van der Waals surface area contributed by atoms with Gasteiger partial charge in [0.15, 0.2) is 0 Å². The third-order valence-electron chi connectivity index (χ3n) is 1.08. The molecule has 0 saturated heterocycles. The summed E-state index contributed by atoms with van der Waals surface area (Å²) in [6.07, 6.45) is 0. The standard InChI is InChI=1S/C7H7Cl.CH2O2/c1-6-4-2-3-5-7(6)8;2-1-3/h2-5H,1H3;1H,(H,2,3). The molecule has 0 atom stereocenters. The number of carboxylic acid groups (broad SMARTS) is 1. The minimum Gasteiger partial charge on any atom is -0.483 e. The van der Waals surface area contributed by atoms with Crippen molar-refractivity contribution in [3.05, 3.63) is 34.9 Å². The van der Waals surface area contributed by atoms with Crippen molar-refractivity contribution >= 4 is 18.1 Å². The molecule has 0 amide bonds. The molecular weight excluding hydrogens is 164 g/mol. The Morgan fingerprint density at radius 1 is 1.45 bits per heavy atom. The van der Waals surface area contributed by atoms with Crippen LogP contribution in [0.5, 0.6) is 0 Å². The number of rotatable bonds is 0. The van der Waals surface area contributed by atoms with Crippen LogP contribution in [-0.4, -0.2) is 11.6 Å². The molecule has 0 aliphatic carbocycles. The zero-order chi connectivity index (χ0) is 8.69. The van der Waals surface area contributed by atoms with Crippen LogP contribution in [0.25, 0.3) is 0 Å². The Kier molecular flexibility index (Phi) is 5.21. The second kappa shape index (κ2) is 5.74. The third-order valence-corrected chi connectivity index (χ3v) is 1.50. The molecule has 1 aromatic rings. The molecule has 1 aromatic carbocycles. The van der Waals surface area contributed by atoms with Crippen molar-refractivity contribution in [2.45, 2.75) is 6.92 Å². The summed E-state index contributed by atoms with van der Waals surface area (Å²) < 4.78 is 0. The molecule has 0 radical (unpaired) electrons. The highest BCUT2D eigenvalue weighted by Gasteiger charge is 1.86. The Hall–Kier alpha value is -1.02. The van der Waals surface area contributed by atoms with E-state index in [9.17, 15) is 0 Å². The molecule has 0 saturated carbocycles. The molecule has 2 nitrogen and oxygen atoms in total. The maximum atomic E-state index is 8.36. The number of aryl methyl sites for hydroxylation is 1. The molecule has 0 aliphatic rings. The molecule has 0 bridgehead atoms. The molecule has 3 heteroatoms. The van der Waals surface area contributed by atoms with Crippen molar-refractivity contribution in [3.63, 3.8) is 0 Å². The topological polar surface area (TPSA) is 37.3 Å². The SMILES string of the molecule is Cc1ccccc1Cl.O=CO. The number of benzene rings is 1. The van der Waals surface area contributed by atoms with Gasteiger partial charge in [-0.2, -0.15) is 0 Å². The Morgan fingerprint density at radius 2 is 1.91 bits per heavy atom. The van der Waals surface area contributed by atoms with Gasteiger partial charge < -0.3 is 5.11 Å². The monoisotopic (exact) mass is 172 g/mol. The molecule has 0 fully saturated rings. The lowest BCUT2D eigenvalue weighted by Crippen LogP contribution is -1.68. The first kappa shape index (κ1) is 9.98. The minimum absolute atomic E-state index is 0.250. The van der Waals surface area contributed by atoms with Crippen LogP contribution in [0.2, 0.25) is 5.02 Å². The van der Waals surface area contributed by atoms with Gasteiger partial charge in [0.25, 0.3) is 6.47 Å². The van der Waals surface area contributed by atoms with Crippen LogP contribution in [0.1, 0.15) is 5.56 Å². The number of carbonyl (C=O) groups is 1. The van der Waals surface area contributed by atoms with Gasteiger partial charge in [-0.25, -0.2) is 0 Å². The summed E-state index contributed by atoms with van der Waals surface area (Å²) in [6.45, 7) is 1.74. The fourth-order valence-electron chi connectivity index (χ4n) is 0.551. The van der Waals surface area contributed by atoms with Crippen LogP contribution in [0.15, 0.2) is 24.3 Å². The van der Waals surface area contributed by atoms with E-state index >= 15 is 0 Å². The van der Waals surface area contributed by atoms with Crippen LogP contribution in [-0.2, 0) is 4.79 Å². The molecule has 0 unspecified atom stereocenters. The largest absolute Gasteiger partial charge is 0.483 e. The highest BCUT2D eigenvalue weighted by molar-refractivity contribution is 6.31. The maximum absolute atomic E-state index is 8.36. The molecule has 0 spiro atoms. The Bertz CT molecular complexity index is 202. The van der Waals surface area contributed by atoms with Gasteiger partial charge in [0.05, 0.1) is 0 Å². The zero-order valence-electron chi connectivity index (χ0n) is 6.12. The van der Waals surface area contributed by atoms with Crippen molar-refractivity contribution < 1.29 is 9.90 Å². The van der Waals surface area contributed by atoms with Gasteiger partial charge in [-0.05, 0) is 18.6 Å². The summed E-state index contributed by atoms with van der Waals surface area (Å²) in [5.41, 5.74) is 1.13. The predicted molar refractivity (Wildman–Crippen MR) is 44.9 cm³/mol. The van der Waals surface area contributed by atoms with Crippen molar-refractivity contribution in [2.75, 3.05) is 0 Å². The van der Waals surface area contributed by atoms with Gasteiger partial charge in [0.2, 0.25) is 0 Å². The maximum Gasteiger partial charge on any atom is 0.290 e. The molecule has 0 aliphatic heterocycles. The van der Waals surface area contributed by atoms with Crippen molar-refractivity contribution in [3.8, 4) is 0 Å². The summed E-state index contributed by atoms with van der Waals surface area (Å²) in [6, 6.07) is 7.77. The summed E-state index contributed by atoms with van der Waals surface area (Å²) in [7, 11) is 0. The number of halogens is 1. The lowest BCUT2D eigenvalue weighted by molar-refractivity contribution is -0.122.